The van der Waals surface area contributed by atoms with Crippen molar-refractivity contribution in [3.63, 3.8) is 0 Å². The smallest absolute Gasteiger partial charge is 0.321 e. The van der Waals surface area contributed by atoms with Gasteiger partial charge in [0, 0.05) is 39.1 Å². The Hall–Kier alpha value is -3.18. The third-order valence-electron chi connectivity index (χ3n) is 5.87. The number of anilines is 1. The molecule has 2 N–H and O–H groups in total. The number of fused-ring (bicyclic) bond motifs is 2. The SMILES string of the molecule is COc1ccccc1NC(=O)N(C)C[C@@H]1OCc2cn(nn2)CCCC(=O)OC[C@@H](C)NC[C@@H]1C. The molecular weight excluding hydrogens is 452 g/mol. The molecule has 11 heteroatoms. The van der Waals surface area contributed by atoms with Crippen molar-refractivity contribution >= 4 is 17.7 Å². The summed E-state index contributed by atoms with van der Waals surface area (Å²) in [6.45, 7) is 6.16. The van der Waals surface area contributed by atoms with Crippen LogP contribution in [0.1, 0.15) is 32.4 Å². The van der Waals surface area contributed by atoms with Gasteiger partial charge in [-0.2, -0.15) is 0 Å². The van der Waals surface area contributed by atoms with Crippen molar-refractivity contribution in [2.24, 2.45) is 5.92 Å². The minimum atomic E-state index is -0.274. The van der Waals surface area contributed by atoms with Gasteiger partial charge in [0.2, 0.25) is 0 Å². The van der Waals surface area contributed by atoms with E-state index in [1.807, 2.05) is 25.3 Å². The number of carbonyl (C=O) groups is 2. The fourth-order valence-electron chi connectivity index (χ4n) is 3.67. The number of amides is 2. The molecule has 0 unspecified atom stereocenters. The van der Waals surface area contributed by atoms with E-state index in [2.05, 4.69) is 27.9 Å². The summed E-state index contributed by atoms with van der Waals surface area (Å²) in [5.41, 5.74) is 1.29. The van der Waals surface area contributed by atoms with E-state index in [9.17, 15) is 9.59 Å². The summed E-state index contributed by atoms with van der Waals surface area (Å²) >= 11 is 0. The number of nitrogens with one attached hydrogen (secondary N) is 2. The maximum absolute atomic E-state index is 12.9. The van der Waals surface area contributed by atoms with Crippen molar-refractivity contribution < 1.29 is 23.8 Å². The predicted molar refractivity (Wildman–Crippen MR) is 130 cm³/mol. The summed E-state index contributed by atoms with van der Waals surface area (Å²) in [4.78, 5) is 26.5. The van der Waals surface area contributed by atoms with Crippen molar-refractivity contribution in [1.82, 2.24) is 25.2 Å². The Labute approximate surface area is 206 Å². The van der Waals surface area contributed by atoms with Crippen LogP contribution >= 0.6 is 0 Å². The molecule has 3 atom stereocenters. The lowest BCUT2D eigenvalue weighted by molar-refractivity contribution is -0.144. The quantitative estimate of drug-likeness (QED) is 0.629. The van der Waals surface area contributed by atoms with Crippen molar-refractivity contribution in [2.75, 3.05) is 39.2 Å². The zero-order valence-electron chi connectivity index (χ0n) is 20.9. The molecule has 2 amide bonds. The zero-order chi connectivity index (χ0) is 25.2. The van der Waals surface area contributed by atoms with Gasteiger partial charge in [0.05, 0.1) is 31.7 Å². The van der Waals surface area contributed by atoms with Gasteiger partial charge in [0.25, 0.3) is 0 Å². The third kappa shape index (κ3) is 8.22. The number of cyclic esters (lactones) is 1. The van der Waals surface area contributed by atoms with Crippen molar-refractivity contribution in [3.05, 3.63) is 36.2 Å². The lowest BCUT2D eigenvalue weighted by atomic mass is 10.0. The zero-order valence-corrected chi connectivity index (χ0v) is 20.9. The van der Waals surface area contributed by atoms with Gasteiger partial charge in [-0.1, -0.05) is 24.3 Å². The molecule has 2 bridgehead atoms. The van der Waals surface area contributed by atoms with E-state index in [-0.39, 0.29) is 36.7 Å². The van der Waals surface area contributed by atoms with Crippen LogP contribution in [-0.4, -0.2) is 77.9 Å². The van der Waals surface area contributed by atoms with Gasteiger partial charge in [-0.25, -0.2) is 4.79 Å². The molecule has 2 aromatic rings. The standard InChI is InChI=1S/C24H36N6O5/c1-17-12-25-18(2)15-35-23(31)10-7-11-30-13-19(27-28-30)16-34-22(17)14-29(3)24(32)26-20-8-5-6-9-21(20)33-4/h5-6,8-9,13,17-18,22,25H,7,10-12,14-16H2,1-4H3,(H,26,32)/t17-,18+,22-/m0/s1. The second-order valence-corrected chi connectivity index (χ2v) is 8.91. The summed E-state index contributed by atoms with van der Waals surface area (Å²) in [7, 11) is 3.29. The van der Waals surface area contributed by atoms with Gasteiger partial charge in [0.15, 0.2) is 0 Å². The molecule has 11 nitrogen and oxygen atoms in total. The van der Waals surface area contributed by atoms with Gasteiger partial charge >= 0.3 is 12.0 Å². The molecule has 0 fully saturated rings. The Morgan fingerprint density at radius 3 is 2.94 bits per heavy atom. The first-order valence-corrected chi connectivity index (χ1v) is 11.9. The first-order chi connectivity index (χ1) is 16.9. The summed E-state index contributed by atoms with van der Waals surface area (Å²) in [6, 6.07) is 6.99. The number of aromatic nitrogens is 3. The number of para-hydroxylation sites is 2. The topological polar surface area (TPSA) is 120 Å². The van der Waals surface area contributed by atoms with Crippen molar-refractivity contribution in [2.45, 2.75) is 52.0 Å². The number of likely N-dealkylation sites (N-methyl/N-ethyl adjacent to an activating group) is 1. The summed E-state index contributed by atoms with van der Waals surface area (Å²) in [5.74, 6) is 0.422. The monoisotopic (exact) mass is 488 g/mol. The number of hydrogen-bond acceptors (Lipinski definition) is 8. The Morgan fingerprint density at radius 1 is 1.34 bits per heavy atom. The lowest BCUT2D eigenvalue weighted by Gasteiger charge is -2.30. The van der Waals surface area contributed by atoms with Crippen LogP contribution in [-0.2, 0) is 27.4 Å². The maximum atomic E-state index is 12.9. The molecule has 1 aliphatic rings. The van der Waals surface area contributed by atoms with Crippen LogP contribution in [0.5, 0.6) is 5.75 Å². The number of nitrogens with zero attached hydrogens (tertiary/aromatic N) is 4. The minimum absolute atomic E-state index is 0.00540. The molecule has 0 spiro atoms. The average Bonchev–Trinajstić information content (AvgIpc) is 3.31. The maximum Gasteiger partial charge on any atom is 0.321 e. The molecular formula is C24H36N6O5. The molecule has 1 aliphatic heterocycles. The van der Waals surface area contributed by atoms with Crippen LogP contribution in [0.2, 0.25) is 0 Å². The van der Waals surface area contributed by atoms with Gasteiger partial charge in [0.1, 0.15) is 18.1 Å². The van der Waals surface area contributed by atoms with Crippen LogP contribution < -0.4 is 15.4 Å². The summed E-state index contributed by atoms with van der Waals surface area (Å²) in [5, 5.41) is 14.6. The second-order valence-electron chi connectivity index (χ2n) is 8.91. The molecule has 192 valence electrons. The molecule has 0 saturated heterocycles. The highest BCUT2D eigenvalue weighted by molar-refractivity contribution is 5.90. The van der Waals surface area contributed by atoms with Gasteiger partial charge < -0.3 is 29.7 Å². The predicted octanol–water partition coefficient (Wildman–Crippen LogP) is 2.29. The molecule has 3 rings (SSSR count). The minimum Gasteiger partial charge on any atom is -0.495 e. The number of esters is 1. The highest BCUT2D eigenvalue weighted by atomic mass is 16.5. The Morgan fingerprint density at radius 2 is 2.14 bits per heavy atom. The van der Waals surface area contributed by atoms with Crippen molar-refractivity contribution in [1.29, 1.82) is 0 Å². The fourth-order valence-corrected chi connectivity index (χ4v) is 3.67. The Kier molecular flexibility index (Phi) is 9.86. The molecule has 0 saturated carbocycles. The molecule has 0 aliphatic carbocycles. The molecule has 35 heavy (non-hydrogen) atoms. The lowest BCUT2D eigenvalue weighted by Crippen LogP contribution is -2.44. The number of hydrogen-bond donors (Lipinski definition) is 2. The number of methoxy groups -OCH3 is 1. The highest BCUT2D eigenvalue weighted by Gasteiger charge is 2.24. The van der Waals surface area contributed by atoms with Gasteiger partial charge in [-0.3, -0.25) is 9.48 Å². The number of carbonyl (C=O) groups excluding carboxylic acids is 2. The van der Waals surface area contributed by atoms with Crippen molar-refractivity contribution in [3.8, 4) is 5.75 Å². The first kappa shape index (κ1) is 26.4. The number of benzene rings is 1. The summed E-state index contributed by atoms with van der Waals surface area (Å²) in [6.07, 6.45) is 2.50. The number of aryl methyl sites for hydroxylation is 1. The van der Waals surface area contributed by atoms with Crippen LogP contribution in [0, 0.1) is 5.92 Å². The second kappa shape index (κ2) is 13.1. The summed E-state index contributed by atoms with van der Waals surface area (Å²) < 4.78 is 18.6. The van der Waals surface area contributed by atoms with E-state index in [1.54, 1.807) is 35.9 Å². The highest BCUT2D eigenvalue weighted by Crippen LogP contribution is 2.23. The van der Waals surface area contributed by atoms with E-state index in [0.29, 0.717) is 56.2 Å². The van der Waals surface area contributed by atoms with E-state index >= 15 is 0 Å². The Bertz CT molecular complexity index is 967. The van der Waals surface area contributed by atoms with Crippen LogP contribution in [0.4, 0.5) is 10.5 Å². The Balaban J connectivity index is 1.67. The van der Waals surface area contributed by atoms with Gasteiger partial charge in [-0.05, 0) is 31.4 Å². The molecule has 1 aromatic heterocycles. The van der Waals surface area contributed by atoms with Crippen LogP contribution in [0.25, 0.3) is 0 Å². The average molecular weight is 489 g/mol. The van der Waals surface area contributed by atoms with E-state index in [1.165, 1.54) is 0 Å². The van der Waals surface area contributed by atoms with E-state index in [0.717, 1.165) is 0 Å². The van der Waals surface area contributed by atoms with Crippen LogP contribution in [0.3, 0.4) is 0 Å². The van der Waals surface area contributed by atoms with Gasteiger partial charge in [-0.15, -0.1) is 5.10 Å². The first-order valence-electron chi connectivity index (χ1n) is 11.9. The third-order valence-corrected chi connectivity index (χ3v) is 5.87. The molecule has 0 radical (unpaired) electrons. The largest absolute Gasteiger partial charge is 0.495 e. The normalized spacial score (nSPS) is 22.2. The van der Waals surface area contributed by atoms with E-state index < -0.39 is 0 Å². The molecule has 1 aromatic carbocycles. The van der Waals surface area contributed by atoms with E-state index in [4.69, 9.17) is 14.2 Å². The number of ether oxygens (including phenoxy) is 3. The fraction of sp³-hybridized carbons (Fsp3) is 0.583. The number of rotatable bonds is 4. The molecule has 2 heterocycles. The number of urea groups is 1. The van der Waals surface area contributed by atoms with Crippen LogP contribution in [0.15, 0.2) is 30.5 Å².